The number of rotatable bonds is 2. The van der Waals surface area contributed by atoms with Crippen LogP contribution in [0.4, 0.5) is 0 Å². The van der Waals surface area contributed by atoms with E-state index in [1.54, 1.807) is 17.1 Å². The Kier molecular flexibility index (Phi) is 2.18. The van der Waals surface area contributed by atoms with Crippen LogP contribution in [0, 0.1) is 0 Å². The Morgan fingerprint density at radius 1 is 1.29 bits per heavy atom. The van der Waals surface area contributed by atoms with Crippen molar-refractivity contribution in [3.8, 4) is 0 Å². The molecule has 3 aromatic rings. The Morgan fingerprint density at radius 2 is 2.18 bits per heavy atom. The monoisotopic (exact) mass is 227 g/mol. The van der Waals surface area contributed by atoms with E-state index in [-0.39, 0.29) is 12.5 Å². The summed E-state index contributed by atoms with van der Waals surface area (Å²) in [4.78, 5) is 15.7. The minimum Gasteiger partial charge on any atom is -0.275 e. The average Bonchev–Trinajstić information content (AvgIpc) is 2.98. The maximum Gasteiger partial charge on any atom is 0.253 e. The lowest BCUT2D eigenvalue weighted by molar-refractivity contribution is 0.0887. The van der Waals surface area contributed by atoms with Crippen molar-refractivity contribution in [1.29, 1.82) is 0 Å². The summed E-state index contributed by atoms with van der Waals surface area (Å²) in [6.07, 6.45) is 4.65. The SMILES string of the molecule is O=C(Cn1nnc2ccccc21)n1ccnc1. The van der Waals surface area contributed by atoms with Crippen molar-refractivity contribution in [2.45, 2.75) is 6.54 Å². The van der Waals surface area contributed by atoms with Gasteiger partial charge in [-0.1, -0.05) is 17.3 Å². The number of fused-ring (bicyclic) bond motifs is 1. The summed E-state index contributed by atoms with van der Waals surface area (Å²) in [7, 11) is 0. The molecule has 0 radical (unpaired) electrons. The van der Waals surface area contributed by atoms with Gasteiger partial charge in [0.15, 0.2) is 0 Å². The number of aromatic nitrogens is 5. The molecule has 1 aromatic carbocycles. The van der Waals surface area contributed by atoms with Crippen molar-refractivity contribution < 1.29 is 4.79 Å². The lowest BCUT2D eigenvalue weighted by Crippen LogP contribution is -2.17. The van der Waals surface area contributed by atoms with E-state index in [4.69, 9.17) is 0 Å². The average molecular weight is 227 g/mol. The van der Waals surface area contributed by atoms with Gasteiger partial charge in [0.05, 0.1) is 5.52 Å². The van der Waals surface area contributed by atoms with Crippen LogP contribution in [0.2, 0.25) is 0 Å². The van der Waals surface area contributed by atoms with Crippen LogP contribution in [0.25, 0.3) is 11.0 Å². The van der Waals surface area contributed by atoms with E-state index in [1.165, 1.54) is 10.9 Å². The third kappa shape index (κ3) is 1.69. The molecule has 0 fully saturated rings. The van der Waals surface area contributed by atoms with E-state index in [0.717, 1.165) is 11.0 Å². The smallest absolute Gasteiger partial charge is 0.253 e. The number of benzene rings is 1. The van der Waals surface area contributed by atoms with Gasteiger partial charge in [-0.3, -0.25) is 9.36 Å². The Bertz CT molecular complexity index is 655. The standard InChI is InChI=1S/C11H9N5O/c17-11(15-6-5-12-8-15)7-16-10-4-2-1-3-9(10)13-14-16/h1-6,8H,7H2. The largest absolute Gasteiger partial charge is 0.275 e. The molecule has 0 amide bonds. The number of para-hydroxylation sites is 1. The molecule has 6 nitrogen and oxygen atoms in total. The number of hydrogen-bond donors (Lipinski definition) is 0. The van der Waals surface area contributed by atoms with Crippen LogP contribution in [-0.2, 0) is 6.54 Å². The Balaban J connectivity index is 1.93. The van der Waals surface area contributed by atoms with E-state index in [0.29, 0.717) is 0 Å². The van der Waals surface area contributed by atoms with E-state index >= 15 is 0 Å². The van der Waals surface area contributed by atoms with Crippen LogP contribution in [0.5, 0.6) is 0 Å². The van der Waals surface area contributed by atoms with Crippen LogP contribution < -0.4 is 0 Å². The zero-order valence-corrected chi connectivity index (χ0v) is 8.89. The first-order valence-electron chi connectivity index (χ1n) is 5.14. The summed E-state index contributed by atoms with van der Waals surface area (Å²) in [5, 5.41) is 7.95. The number of hydrogen-bond acceptors (Lipinski definition) is 4. The van der Waals surface area contributed by atoms with Gasteiger partial charge in [0, 0.05) is 12.4 Å². The molecule has 0 spiro atoms. The highest BCUT2D eigenvalue weighted by atomic mass is 16.2. The molecular formula is C11H9N5O. The van der Waals surface area contributed by atoms with Crippen molar-refractivity contribution >= 4 is 16.9 Å². The molecule has 0 saturated carbocycles. The molecule has 0 aliphatic heterocycles. The zero-order chi connectivity index (χ0) is 11.7. The maximum atomic E-state index is 11.9. The van der Waals surface area contributed by atoms with Crippen molar-refractivity contribution in [3.63, 3.8) is 0 Å². The zero-order valence-electron chi connectivity index (χ0n) is 8.89. The molecule has 0 atom stereocenters. The molecule has 0 saturated heterocycles. The Hall–Kier alpha value is -2.50. The minimum absolute atomic E-state index is 0.0989. The van der Waals surface area contributed by atoms with Crippen LogP contribution in [0.15, 0.2) is 43.0 Å². The third-order valence-corrected chi connectivity index (χ3v) is 2.50. The summed E-state index contributed by atoms with van der Waals surface area (Å²) < 4.78 is 3.01. The van der Waals surface area contributed by atoms with E-state index in [1.807, 2.05) is 24.3 Å². The van der Waals surface area contributed by atoms with Gasteiger partial charge in [-0.15, -0.1) is 5.10 Å². The summed E-state index contributed by atoms with van der Waals surface area (Å²) in [6, 6.07) is 7.53. The van der Waals surface area contributed by atoms with Crippen molar-refractivity contribution in [2.24, 2.45) is 0 Å². The highest BCUT2D eigenvalue weighted by Gasteiger charge is 2.09. The molecule has 2 heterocycles. The number of imidazole rings is 1. The number of nitrogens with zero attached hydrogens (tertiary/aromatic N) is 5. The molecule has 0 aliphatic rings. The fraction of sp³-hybridized carbons (Fsp3) is 0.0909. The third-order valence-electron chi connectivity index (χ3n) is 2.50. The molecule has 0 bridgehead atoms. The van der Waals surface area contributed by atoms with Crippen molar-refractivity contribution in [2.75, 3.05) is 0 Å². The highest BCUT2D eigenvalue weighted by molar-refractivity contribution is 5.81. The van der Waals surface area contributed by atoms with Crippen LogP contribution in [0.1, 0.15) is 4.79 Å². The fourth-order valence-corrected chi connectivity index (χ4v) is 1.65. The van der Waals surface area contributed by atoms with E-state index in [9.17, 15) is 4.79 Å². The van der Waals surface area contributed by atoms with E-state index < -0.39 is 0 Å². The second kappa shape index (κ2) is 3.82. The van der Waals surface area contributed by atoms with Gasteiger partial charge in [0.2, 0.25) is 0 Å². The van der Waals surface area contributed by atoms with Crippen LogP contribution in [0.3, 0.4) is 0 Å². The molecular weight excluding hydrogens is 218 g/mol. The minimum atomic E-state index is -0.0989. The van der Waals surface area contributed by atoms with Crippen molar-refractivity contribution in [1.82, 2.24) is 24.5 Å². The summed E-state index contributed by atoms with van der Waals surface area (Å²) >= 11 is 0. The molecule has 0 aliphatic carbocycles. The molecule has 0 N–H and O–H groups in total. The van der Waals surface area contributed by atoms with Crippen LogP contribution >= 0.6 is 0 Å². The molecule has 17 heavy (non-hydrogen) atoms. The van der Waals surface area contributed by atoms with Crippen LogP contribution in [-0.4, -0.2) is 30.5 Å². The summed E-state index contributed by atoms with van der Waals surface area (Å²) in [5.74, 6) is -0.0989. The topological polar surface area (TPSA) is 65.6 Å². The molecule has 2 aromatic heterocycles. The maximum absolute atomic E-state index is 11.9. The van der Waals surface area contributed by atoms with Gasteiger partial charge in [0.1, 0.15) is 18.4 Å². The molecule has 3 rings (SSSR count). The normalized spacial score (nSPS) is 10.8. The van der Waals surface area contributed by atoms with Gasteiger partial charge in [-0.25, -0.2) is 9.67 Å². The molecule has 6 heteroatoms. The Labute approximate surface area is 96.5 Å². The number of carbonyl (C=O) groups excluding carboxylic acids is 1. The first-order chi connectivity index (χ1) is 8.34. The van der Waals surface area contributed by atoms with Gasteiger partial charge in [-0.2, -0.15) is 0 Å². The Morgan fingerprint density at radius 3 is 3.00 bits per heavy atom. The van der Waals surface area contributed by atoms with Gasteiger partial charge in [-0.05, 0) is 12.1 Å². The quantitative estimate of drug-likeness (QED) is 0.654. The lowest BCUT2D eigenvalue weighted by Gasteiger charge is -2.01. The highest BCUT2D eigenvalue weighted by Crippen LogP contribution is 2.09. The first kappa shape index (κ1) is 9.71. The first-order valence-corrected chi connectivity index (χ1v) is 5.14. The second-order valence-electron chi connectivity index (χ2n) is 3.60. The number of carbonyl (C=O) groups is 1. The molecule has 84 valence electrons. The predicted octanol–water partition coefficient (Wildman–Crippen LogP) is 0.968. The van der Waals surface area contributed by atoms with Gasteiger partial charge >= 0.3 is 0 Å². The summed E-state index contributed by atoms with van der Waals surface area (Å²) in [5.41, 5.74) is 1.63. The van der Waals surface area contributed by atoms with Gasteiger partial charge < -0.3 is 0 Å². The lowest BCUT2D eigenvalue weighted by atomic mass is 10.3. The summed E-state index contributed by atoms with van der Waals surface area (Å²) in [6.45, 7) is 0.150. The fourth-order valence-electron chi connectivity index (χ4n) is 1.65. The second-order valence-corrected chi connectivity index (χ2v) is 3.60. The predicted molar refractivity (Wildman–Crippen MR) is 60.4 cm³/mol. The molecule has 0 unspecified atom stereocenters. The van der Waals surface area contributed by atoms with E-state index in [2.05, 4.69) is 15.3 Å². The van der Waals surface area contributed by atoms with Gasteiger partial charge in [0.25, 0.3) is 5.91 Å². The van der Waals surface area contributed by atoms with Crippen molar-refractivity contribution in [3.05, 3.63) is 43.0 Å².